The summed E-state index contributed by atoms with van der Waals surface area (Å²) >= 11 is 0. The van der Waals surface area contributed by atoms with Gasteiger partial charge in [-0.2, -0.15) is 13.3 Å². The second-order valence-corrected chi connectivity index (χ2v) is 1.63. The number of allylic oxidation sites excluding steroid dienone is 1. The van der Waals surface area contributed by atoms with Gasteiger partial charge in [0.2, 0.25) is 0 Å². The van der Waals surface area contributed by atoms with Gasteiger partial charge < -0.3 is 6.42 Å². The van der Waals surface area contributed by atoms with Crippen LogP contribution in [0.15, 0.2) is 12.7 Å². The van der Waals surface area contributed by atoms with Crippen LogP contribution in [0.5, 0.6) is 0 Å². The molecule has 0 aromatic carbocycles. The second kappa shape index (κ2) is 10.3. The summed E-state index contributed by atoms with van der Waals surface area (Å²) in [6.45, 7) is 5.70. The minimum Gasteiger partial charge on any atom is -0.331 e. The second-order valence-electron chi connectivity index (χ2n) is 1.63. The third-order valence-electron chi connectivity index (χ3n) is 0.901. The van der Waals surface area contributed by atoms with Gasteiger partial charge >= 0.3 is 18.9 Å². The molecule has 0 N–H and O–H groups in total. The van der Waals surface area contributed by atoms with E-state index < -0.39 is 0 Å². The molecule has 0 aliphatic carbocycles. The zero-order chi connectivity index (χ0) is 5.54. The van der Waals surface area contributed by atoms with Crippen molar-refractivity contribution in [3.8, 4) is 0 Å². The van der Waals surface area contributed by atoms with Gasteiger partial charge in [-0.15, -0.1) is 6.58 Å². The SMILES string of the molecule is C=CCCC[CH-]C.[Li+]. The molecule has 0 spiro atoms. The molecular formula is C7H13Li. The fourth-order valence-electron chi connectivity index (χ4n) is 0.466. The molecule has 0 radical (unpaired) electrons. The van der Waals surface area contributed by atoms with Crippen molar-refractivity contribution in [2.24, 2.45) is 0 Å². The predicted molar refractivity (Wildman–Crippen MR) is 34.0 cm³/mol. The molecule has 0 rings (SSSR count). The van der Waals surface area contributed by atoms with Crippen molar-refractivity contribution in [2.75, 3.05) is 0 Å². The maximum absolute atomic E-state index is 3.62. The quantitative estimate of drug-likeness (QED) is 0.196. The van der Waals surface area contributed by atoms with E-state index in [1.54, 1.807) is 0 Å². The van der Waals surface area contributed by atoms with Gasteiger partial charge in [-0.25, -0.2) is 0 Å². The van der Waals surface area contributed by atoms with Crippen molar-refractivity contribution in [1.29, 1.82) is 0 Å². The van der Waals surface area contributed by atoms with Gasteiger partial charge in [0.25, 0.3) is 0 Å². The number of rotatable bonds is 4. The number of hydrogen-bond acceptors (Lipinski definition) is 0. The molecule has 0 bridgehead atoms. The minimum absolute atomic E-state index is 0. The van der Waals surface area contributed by atoms with E-state index in [1.165, 1.54) is 12.8 Å². The molecule has 42 valence electrons. The summed E-state index contributed by atoms with van der Waals surface area (Å²) < 4.78 is 0. The summed E-state index contributed by atoms with van der Waals surface area (Å²) in [4.78, 5) is 0. The molecule has 1 heteroatoms. The topological polar surface area (TPSA) is 0 Å². The summed E-state index contributed by atoms with van der Waals surface area (Å²) in [6.07, 6.45) is 7.79. The zero-order valence-corrected chi connectivity index (χ0v) is 5.98. The monoisotopic (exact) mass is 104 g/mol. The van der Waals surface area contributed by atoms with E-state index in [0.717, 1.165) is 6.42 Å². The molecule has 0 heterocycles. The van der Waals surface area contributed by atoms with E-state index in [9.17, 15) is 0 Å². The maximum atomic E-state index is 3.62. The first-order chi connectivity index (χ1) is 3.41. The summed E-state index contributed by atoms with van der Waals surface area (Å²) in [5, 5.41) is 0. The molecule has 0 amide bonds. The summed E-state index contributed by atoms with van der Waals surface area (Å²) in [7, 11) is 0. The van der Waals surface area contributed by atoms with Crippen LogP contribution in [-0.2, 0) is 0 Å². The molecule has 0 aromatic rings. The first kappa shape index (κ1) is 11.2. The Kier molecular flexibility index (Phi) is 14.5. The Morgan fingerprint density at radius 2 is 2.25 bits per heavy atom. The molecule has 0 atom stereocenters. The van der Waals surface area contributed by atoms with Crippen LogP contribution in [0.3, 0.4) is 0 Å². The number of hydrogen-bond donors (Lipinski definition) is 0. The van der Waals surface area contributed by atoms with Gasteiger partial charge in [0.05, 0.1) is 0 Å². The largest absolute Gasteiger partial charge is 1.00 e. The van der Waals surface area contributed by atoms with Crippen LogP contribution in [-0.4, -0.2) is 0 Å². The van der Waals surface area contributed by atoms with Crippen LogP contribution in [0.2, 0.25) is 0 Å². The summed E-state index contributed by atoms with van der Waals surface area (Å²) in [5.74, 6) is 0. The van der Waals surface area contributed by atoms with Crippen molar-refractivity contribution in [2.45, 2.75) is 26.2 Å². The first-order valence-electron chi connectivity index (χ1n) is 2.80. The average Bonchev–Trinajstić information content (AvgIpc) is 1.69. The van der Waals surface area contributed by atoms with E-state index in [4.69, 9.17) is 0 Å². The fraction of sp³-hybridized carbons (Fsp3) is 0.571. The molecule has 0 saturated carbocycles. The third kappa shape index (κ3) is 9.60. The van der Waals surface area contributed by atoms with Gasteiger partial charge in [-0.3, -0.25) is 0 Å². The van der Waals surface area contributed by atoms with Crippen molar-refractivity contribution in [1.82, 2.24) is 0 Å². The molecule has 0 aromatic heterocycles. The van der Waals surface area contributed by atoms with Crippen molar-refractivity contribution < 1.29 is 18.9 Å². The van der Waals surface area contributed by atoms with Crippen molar-refractivity contribution >= 4 is 0 Å². The standard InChI is InChI=1S/C7H13.Li/c1-3-5-7-6-4-2;/h3-4H,1,5-7H2,2H3;/q-1;+1. The van der Waals surface area contributed by atoms with Crippen LogP contribution < -0.4 is 18.9 Å². The fourth-order valence-corrected chi connectivity index (χ4v) is 0.466. The molecule has 8 heavy (non-hydrogen) atoms. The van der Waals surface area contributed by atoms with Crippen molar-refractivity contribution in [3.05, 3.63) is 19.1 Å². The van der Waals surface area contributed by atoms with E-state index in [-0.39, 0.29) is 18.9 Å². The molecule has 0 saturated heterocycles. The van der Waals surface area contributed by atoms with Crippen LogP contribution in [0.25, 0.3) is 0 Å². The molecular weight excluding hydrogens is 91.0 g/mol. The normalized spacial score (nSPS) is 7.62. The Labute approximate surface area is 64.5 Å². The summed E-state index contributed by atoms with van der Waals surface area (Å²) in [6, 6.07) is 0. The molecule has 0 unspecified atom stereocenters. The van der Waals surface area contributed by atoms with Gasteiger partial charge in [-0.05, 0) is 6.42 Å². The zero-order valence-electron chi connectivity index (χ0n) is 5.98. The average molecular weight is 104 g/mol. The molecule has 0 fully saturated rings. The Morgan fingerprint density at radius 3 is 2.62 bits per heavy atom. The maximum Gasteiger partial charge on any atom is 1.00 e. The van der Waals surface area contributed by atoms with Crippen LogP contribution in [0, 0.1) is 6.42 Å². The first-order valence-corrected chi connectivity index (χ1v) is 2.80. The smallest absolute Gasteiger partial charge is 0.331 e. The van der Waals surface area contributed by atoms with Crippen molar-refractivity contribution in [3.63, 3.8) is 0 Å². The summed E-state index contributed by atoms with van der Waals surface area (Å²) in [5.41, 5.74) is 0. The van der Waals surface area contributed by atoms with Gasteiger partial charge in [0.1, 0.15) is 0 Å². The molecule has 0 aliphatic rings. The Balaban J connectivity index is 0. The van der Waals surface area contributed by atoms with E-state index in [1.807, 2.05) is 6.08 Å². The van der Waals surface area contributed by atoms with E-state index in [2.05, 4.69) is 19.9 Å². The van der Waals surface area contributed by atoms with Gasteiger partial charge in [0, 0.05) is 0 Å². The Morgan fingerprint density at radius 1 is 1.62 bits per heavy atom. The van der Waals surface area contributed by atoms with E-state index >= 15 is 0 Å². The van der Waals surface area contributed by atoms with Gasteiger partial charge in [0.15, 0.2) is 0 Å². The minimum atomic E-state index is 0. The Hall–Kier alpha value is 0.337. The van der Waals surface area contributed by atoms with Crippen LogP contribution in [0.4, 0.5) is 0 Å². The molecule has 0 nitrogen and oxygen atoms in total. The van der Waals surface area contributed by atoms with Gasteiger partial charge in [-0.1, -0.05) is 12.5 Å². The predicted octanol–water partition coefficient (Wildman–Crippen LogP) is -0.429. The van der Waals surface area contributed by atoms with Crippen LogP contribution >= 0.6 is 0 Å². The third-order valence-corrected chi connectivity index (χ3v) is 0.901. The van der Waals surface area contributed by atoms with Crippen LogP contribution in [0.1, 0.15) is 26.2 Å². The Bertz CT molecular complexity index is 41.7. The molecule has 0 aliphatic heterocycles. The van der Waals surface area contributed by atoms with E-state index in [0.29, 0.717) is 0 Å². The number of unbranched alkanes of at least 4 members (excludes halogenated alkanes) is 3.